The monoisotopic (exact) mass is 222 g/mol. The second kappa shape index (κ2) is 9.93. The SMILES string of the molecule is CCCCCCCCCCCCCC1C=C1. The van der Waals surface area contributed by atoms with E-state index in [1.807, 2.05) is 0 Å². The quantitative estimate of drug-likeness (QED) is 0.286. The van der Waals surface area contributed by atoms with Crippen molar-refractivity contribution >= 4 is 0 Å². The van der Waals surface area contributed by atoms with Gasteiger partial charge in [0, 0.05) is 0 Å². The fourth-order valence-corrected chi connectivity index (χ4v) is 2.32. The standard InChI is InChI=1S/C16H30/c1-2-3-4-5-6-7-8-9-10-11-12-13-16-14-15-16/h14-16H,2-13H2,1H3. The molecular weight excluding hydrogens is 192 g/mol. The summed E-state index contributed by atoms with van der Waals surface area (Å²) in [7, 11) is 0. The van der Waals surface area contributed by atoms with Gasteiger partial charge in [0.05, 0.1) is 0 Å². The minimum Gasteiger partial charge on any atom is -0.0810 e. The Morgan fingerprint density at radius 2 is 1.06 bits per heavy atom. The Kier molecular flexibility index (Phi) is 8.57. The van der Waals surface area contributed by atoms with Crippen LogP contribution >= 0.6 is 0 Å². The highest BCUT2D eigenvalue weighted by Gasteiger charge is 2.08. The zero-order valence-corrected chi connectivity index (χ0v) is 11.2. The first kappa shape index (κ1) is 13.8. The minimum atomic E-state index is 0.901. The van der Waals surface area contributed by atoms with Crippen LogP contribution in [-0.2, 0) is 0 Å². The Hall–Kier alpha value is -0.260. The van der Waals surface area contributed by atoms with Crippen LogP contribution in [0.25, 0.3) is 0 Å². The lowest BCUT2D eigenvalue weighted by Crippen LogP contribution is -1.83. The maximum atomic E-state index is 2.33. The van der Waals surface area contributed by atoms with Crippen molar-refractivity contribution in [3.8, 4) is 0 Å². The number of unbranched alkanes of at least 4 members (excludes halogenated alkanes) is 10. The highest BCUT2D eigenvalue weighted by atomic mass is 14.1. The van der Waals surface area contributed by atoms with Gasteiger partial charge < -0.3 is 0 Å². The van der Waals surface area contributed by atoms with Gasteiger partial charge in [-0.1, -0.05) is 89.7 Å². The molecule has 0 heterocycles. The Morgan fingerprint density at radius 1 is 0.625 bits per heavy atom. The fraction of sp³-hybridized carbons (Fsp3) is 0.875. The van der Waals surface area contributed by atoms with Crippen molar-refractivity contribution in [2.45, 2.75) is 84.0 Å². The summed E-state index contributed by atoms with van der Waals surface area (Å²) >= 11 is 0. The van der Waals surface area contributed by atoms with E-state index < -0.39 is 0 Å². The van der Waals surface area contributed by atoms with Crippen LogP contribution in [0.15, 0.2) is 12.2 Å². The number of rotatable bonds is 12. The predicted molar refractivity (Wildman–Crippen MR) is 73.7 cm³/mol. The maximum Gasteiger partial charge on any atom is -0.00531 e. The van der Waals surface area contributed by atoms with E-state index in [9.17, 15) is 0 Å². The van der Waals surface area contributed by atoms with Crippen LogP contribution in [0.1, 0.15) is 84.0 Å². The molecule has 0 bridgehead atoms. The Morgan fingerprint density at radius 3 is 1.50 bits per heavy atom. The summed E-state index contributed by atoms with van der Waals surface area (Å²) in [6.45, 7) is 2.29. The van der Waals surface area contributed by atoms with Gasteiger partial charge in [0.15, 0.2) is 0 Å². The van der Waals surface area contributed by atoms with Crippen LogP contribution in [0.4, 0.5) is 0 Å². The predicted octanol–water partition coefficient (Wildman–Crippen LogP) is 5.87. The molecule has 0 aromatic rings. The van der Waals surface area contributed by atoms with E-state index in [2.05, 4.69) is 19.1 Å². The molecular formula is C16H30. The highest BCUT2D eigenvalue weighted by molar-refractivity contribution is 5.12. The van der Waals surface area contributed by atoms with Crippen LogP contribution in [0.2, 0.25) is 0 Å². The van der Waals surface area contributed by atoms with Gasteiger partial charge in [0.1, 0.15) is 0 Å². The fourth-order valence-electron chi connectivity index (χ4n) is 2.32. The van der Waals surface area contributed by atoms with Gasteiger partial charge in [-0.3, -0.25) is 0 Å². The second-order valence-electron chi connectivity index (χ2n) is 5.37. The van der Waals surface area contributed by atoms with Crippen molar-refractivity contribution in [3.05, 3.63) is 12.2 Å². The lowest BCUT2D eigenvalue weighted by atomic mass is 10.0. The van der Waals surface area contributed by atoms with Crippen LogP contribution in [-0.4, -0.2) is 0 Å². The van der Waals surface area contributed by atoms with E-state index in [0.717, 1.165) is 5.92 Å². The number of hydrogen-bond donors (Lipinski definition) is 0. The van der Waals surface area contributed by atoms with Crippen molar-refractivity contribution in [1.29, 1.82) is 0 Å². The second-order valence-corrected chi connectivity index (χ2v) is 5.37. The van der Waals surface area contributed by atoms with Gasteiger partial charge in [-0.2, -0.15) is 0 Å². The molecule has 0 saturated heterocycles. The molecule has 0 amide bonds. The molecule has 16 heavy (non-hydrogen) atoms. The van der Waals surface area contributed by atoms with E-state index in [1.54, 1.807) is 0 Å². The van der Waals surface area contributed by atoms with Crippen LogP contribution in [0, 0.1) is 5.92 Å². The smallest absolute Gasteiger partial charge is 0.00531 e. The van der Waals surface area contributed by atoms with Crippen LogP contribution < -0.4 is 0 Å². The summed E-state index contributed by atoms with van der Waals surface area (Å²) in [5.41, 5.74) is 0. The van der Waals surface area contributed by atoms with Crippen molar-refractivity contribution in [2.75, 3.05) is 0 Å². The van der Waals surface area contributed by atoms with Crippen molar-refractivity contribution < 1.29 is 0 Å². The van der Waals surface area contributed by atoms with E-state index in [4.69, 9.17) is 0 Å². The summed E-state index contributed by atoms with van der Waals surface area (Å²) in [6, 6.07) is 0. The van der Waals surface area contributed by atoms with E-state index >= 15 is 0 Å². The minimum absolute atomic E-state index is 0.901. The van der Waals surface area contributed by atoms with Gasteiger partial charge in [0.25, 0.3) is 0 Å². The molecule has 1 rings (SSSR count). The molecule has 0 radical (unpaired) electrons. The molecule has 0 fully saturated rings. The van der Waals surface area contributed by atoms with Crippen LogP contribution in [0.5, 0.6) is 0 Å². The molecule has 0 spiro atoms. The van der Waals surface area contributed by atoms with E-state index in [0.29, 0.717) is 0 Å². The normalized spacial score (nSPS) is 14.6. The molecule has 0 saturated carbocycles. The Balaban J connectivity index is 1.61. The number of allylic oxidation sites excluding steroid dienone is 2. The molecule has 94 valence electrons. The third kappa shape index (κ3) is 9.00. The molecule has 0 aliphatic heterocycles. The lowest BCUT2D eigenvalue weighted by Gasteiger charge is -2.02. The first-order valence-corrected chi connectivity index (χ1v) is 7.62. The Bertz CT molecular complexity index is 163. The Labute approximate surface area is 103 Å². The summed E-state index contributed by atoms with van der Waals surface area (Å²) in [6.07, 6.45) is 22.1. The van der Waals surface area contributed by atoms with Gasteiger partial charge >= 0.3 is 0 Å². The van der Waals surface area contributed by atoms with Gasteiger partial charge in [-0.05, 0) is 12.3 Å². The van der Waals surface area contributed by atoms with E-state index in [1.165, 1.54) is 77.0 Å². The topological polar surface area (TPSA) is 0 Å². The summed E-state index contributed by atoms with van der Waals surface area (Å²) in [5, 5.41) is 0. The maximum absolute atomic E-state index is 2.33. The molecule has 0 aromatic carbocycles. The van der Waals surface area contributed by atoms with E-state index in [-0.39, 0.29) is 0 Å². The van der Waals surface area contributed by atoms with Crippen LogP contribution in [0.3, 0.4) is 0 Å². The van der Waals surface area contributed by atoms with Crippen molar-refractivity contribution in [2.24, 2.45) is 5.92 Å². The largest absolute Gasteiger partial charge is 0.0810 e. The molecule has 0 N–H and O–H groups in total. The summed E-state index contributed by atoms with van der Waals surface area (Å²) < 4.78 is 0. The average molecular weight is 222 g/mol. The molecule has 0 unspecified atom stereocenters. The molecule has 0 atom stereocenters. The van der Waals surface area contributed by atoms with Crippen molar-refractivity contribution in [3.63, 3.8) is 0 Å². The average Bonchev–Trinajstić information content (AvgIpc) is 3.10. The third-order valence-electron chi connectivity index (χ3n) is 3.61. The first-order chi connectivity index (χ1) is 7.93. The van der Waals surface area contributed by atoms with Gasteiger partial charge in [-0.25, -0.2) is 0 Å². The lowest BCUT2D eigenvalue weighted by molar-refractivity contribution is 0.540. The number of hydrogen-bond acceptors (Lipinski definition) is 0. The molecule has 0 nitrogen and oxygen atoms in total. The molecule has 1 aliphatic rings. The molecule has 1 aliphatic carbocycles. The molecule has 0 heteroatoms. The summed E-state index contributed by atoms with van der Waals surface area (Å²) in [5.74, 6) is 0.901. The zero-order valence-electron chi connectivity index (χ0n) is 11.2. The first-order valence-electron chi connectivity index (χ1n) is 7.62. The molecule has 0 aromatic heterocycles. The zero-order chi connectivity index (χ0) is 11.5. The summed E-state index contributed by atoms with van der Waals surface area (Å²) in [4.78, 5) is 0. The van der Waals surface area contributed by atoms with Gasteiger partial charge in [-0.15, -0.1) is 0 Å². The van der Waals surface area contributed by atoms with Gasteiger partial charge in [0.2, 0.25) is 0 Å². The highest BCUT2D eigenvalue weighted by Crippen LogP contribution is 2.23. The van der Waals surface area contributed by atoms with Crippen molar-refractivity contribution in [1.82, 2.24) is 0 Å². The third-order valence-corrected chi connectivity index (χ3v) is 3.61.